The summed E-state index contributed by atoms with van der Waals surface area (Å²) in [7, 11) is 0. The molecule has 1 aliphatic heterocycles. The normalized spacial score (nSPS) is 22.5. The van der Waals surface area contributed by atoms with Crippen molar-refractivity contribution in [3.63, 3.8) is 0 Å². The van der Waals surface area contributed by atoms with Crippen LogP contribution in [0.2, 0.25) is 0 Å². The SMILES string of the molecule is CCCC=C1C(C)=NN=C(C)/C1=N/O. The van der Waals surface area contributed by atoms with E-state index < -0.39 is 0 Å². The number of oxime groups is 1. The lowest BCUT2D eigenvalue weighted by Crippen LogP contribution is -2.22. The van der Waals surface area contributed by atoms with Crippen LogP contribution >= 0.6 is 0 Å². The lowest BCUT2D eigenvalue weighted by molar-refractivity contribution is 0.320. The highest BCUT2D eigenvalue weighted by Crippen LogP contribution is 2.11. The topological polar surface area (TPSA) is 57.3 Å². The number of hydrogen-bond acceptors (Lipinski definition) is 4. The zero-order valence-electron chi connectivity index (χ0n) is 8.78. The predicted molar refractivity (Wildman–Crippen MR) is 58.4 cm³/mol. The predicted octanol–water partition coefficient (Wildman–Crippen LogP) is 2.39. The van der Waals surface area contributed by atoms with Gasteiger partial charge in [0.1, 0.15) is 5.71 Å². The maximum Gasteiger partial charge on any atom is 0.134 e. The monoisotopic (exact) mass is 193 g/mol. The molecule has 0 spiro atoms. The fraction of sp³-hybridized carbons (Fsp3) is 0.500. The third-order valence-corrected chi connectivity index (χ3v) is 2.07. The first-order valence-electron chi connectivity index (χ1n) is 4.72. The van der Waals surface area contributed by atoms with Crippen molar-refractivity contribution in [2.45, 2.75) is 33.6 Å². The first-order chi connectivity index (χ1) is 6.70. The second-order valence-corrected chi connectivity index (χ2v) is 3.23. The van der Waals surface area contributed by atoms with Crippen molar-refractivity contribution in [1.29, 1.82) is 0 Å². The minimum absolute atomic E-state index is 0.533. The van der Waals surface area contributed by atoms with Gasteiger partial charge in [0.25, 0.3) is 0 Å². The number of rotatable bonds is 2. The van der Waals surface area contributed by atoms with E-state index in [-0.39, 0.29) is 0 Å². The molecule has 1 aliphatic rings. The van der Waals surface area contributed by atoms with E-state index in [1.54, 1.807) is 6.92 Å². The van der Waals surface area contributed by atoms with Crippen LogP contribution < -0.4 is 0 Å². The fourth-order valence-electron chi connectivity index (χ4n) is 1.28. The quantitative estimate of drug-likeness (QED) is 0.531. The molecule has 0 aromatic heterocycles. The van der Waals surface area contributed by atoms with Gasteiger partial charge in [-0.2, -0.15) is 10.2 Å². The van der Waals surface area contributed by atoms with Gasteiger partial charge in [0.15, 0.2) is 0 Å². The molecule has 0 aromatic rings. The zero-order chi connectivity index (χ0) is 10.6. The Morgan fingerprint density at radius 3 is 2.50 bits per heavy atom. The van der Waals surface area contributed by atoms with Gasteiger partial charge in [-0.1, -0.05) is 24.6 Å². The van der Waals surface area contributed by atoms with Crippen LogP contribution in [-0.2, 0) is 0 Å². The van der Waals surface area contributed by atoms with Crippen molar-refractivity contribution >= 4 is 17.1 Å². The van der Waals surface area contributed by atoms with Gasteiger partial charge in [0.05, 0.1) is 11.4 Å². The van der Waals surface area contributed by atoms with Crippen molar-refractivity contribution < 1.29 is 5.21 Å². The highest BCUT2D eigenvalue weighted by Gasteiger charge is 2.17. The minimum Gasteiger partial charge on any atom is -0.410 e. The van der Waals surface area contributed by atoms with E-state index in [9.17, 15) is 0 Å². The van der Waals surface area contributed by atoms with Crippen LogP contribution in [0.1, 0.15) is 33.6 Å². The molecule has 1 rings (SSSR count). The van der Waals surface area contributed by atoms with Crippen LogP contribution in [-0.4, -0.2) is 22.3 Å². The Hall–Kier alpha value is -1.45. The molecule has 0 radical (unpaired) electrons. The molecule has 76 valence electrons. The average molecular weight is 193 g/mol. The summed E-state index contributed by atoms with van der Waals surface area (Å²) in [5, 5.41) is 20.0. The van der Waals surface area contributed by atoms with E-state index in [1.165, 1.54) is 0 Å². The summed E-state index contributed by atoms with van der Waals surface area (Å²) >= 11 is 0. The van der Waals surface area contributed by atoms with Gasteiger partial charge < -0.3 is 5.21 Å². The molecule has 1 N–H and O–H groups in total. The van der Waals surface area contributed by atoms with Crippen LogP contribution in [0.25, 0.3) is 0 Å². The fourth-order valence-corrected chi connectivity index (χ4v) is 1.28. The van der Waals surface area contributed by atoms with Crippen molar-refractivity contribution in [3.8, 4) is 0 Å². The van der Waals surface area contributed by atoms with Crippen LogP contribution in [0.15, 0.2) is 27.0 Å². The van der Waals surface area contributed by atoms with Crippen LogP contribution in [0.4, 0.5) is 0 Å². The van der Waals surface area contributed by atoms with Crippen molar-refractivity contribution in [2.75, 3.05) is 0 Å². The van der Waals surface area contributed by atoms with E-state index in [2.05, 4.69) is 22.3 Å². The Bertz CT molecular complexity index is 337. The molecule has 0 saturated heterocycles. The molecule has 0 aliphatic carbocycles. The van der Waals surface area contributed by atoms with Crippen LogP contribution in [0.3, 0.4) is 0 Å². The standard InChI is InChI=1S/C10H15N3O/c1-4-5-6-9-7(2)11-12-8(3)10(9)13-14/h6,14H,4-5H2,1-3H3/b9-6?,13-10-. The summed E-state index contributed by atoms with van der Waals surface area (Å²) in [6.07, 6.45) is 4.05. The Morgan fingerprint density at radius 1 is 1.29 bits per heavy atom. The van der Waals surface area contributed by atoms with E-state index >= 15 is 0 Å². The molecule has 0 aromatic carbocycles. The smallest absolute Gasteiger partial charge is 0.134 e. The maximum absolute atomic E-state index is 8.86. The molecule has 0 bridgehead atoms. The first-order valence-corrected chi connectivity index (χ1v) is 4.72. The molecule has 4 nitrogen and oxygen atoms in total. The van der Waals surface area contributed by atoms with Crippen molar-refractivity contribution in [3.05, 3.63) is 11.6 Å². The molecule has 4 heteroatoms. The molecular weight excluding hydrogens is 178 g/mol. The van der Waals surface area contributed by atoms with Crippen molar-refractivity contribution in [2.24, 2.45) is 15.4 Å². The Morgan fingerprint density at radius 2 is 1.93 bits per heavy atom. The van der Waals surface area contributed by atoms with E-state index in [0.717, 1.165) is 24.1 Å². The maximum atomic E-state index is 8.86. The third kappa shape index (κ3) is 2.07. The highest BCUT2D eigenvalue weighted by molar-refractivity contribution is 6.54. The summed E-state index contributed by atoms with van der Waals surface area (Å²) in [5.74, 6) is 0. The van der Waals surface area contributed by atoms with E-state index in [4.69, 9.17) is 5.21 Å². The zero-order valence-corrected chi connectivity index (χ0v) is 8.78. The number of unbranched alkanes of at least 4 members (excludes halogenated alkanes) is 1. The summed E-state index contributed by atoms with van der Waals surface area (Å²) in [6, 6.07) is 0. The lowest BCUT2D eigenvalue weighted by atomic mass is 10.0. The largest absolute Gasteiger partial charge is 0.410 e. The van der Waals surface area contributed by atoms with Gasteiger partial charge in [0, 0.05) is 5.57 Å². The third-order valence-electron chi connectivity index (χ3n) is 2.07. The number of nitrogens with zero attached hydrogens (tertiary/aromatic N) is 3. The van der Waals surface area contributed by atoms with E-state index in [0.29, 0.717) is 11.4 Å². The number of allylic oxidation sites excluding steroid dienone is 2. The Labute approximate surface area is 83.7 Å². The summed E-state index contributed by atoms with van der Waals surface area (Å²) in [5.41, 5.74) is 2.88. The summed E-state index contributed by atoms with van der Waals surface area (Å²) < 4.78 is 0. The number of hydrogen-bond donors (Lipinski definition) is 1. The van der Waals surface area contributed by atoms with Gasteiger partial charge in [-0.3, -0.25) is 0 Å². The summed E-state index contributed by atoms with van der Waals surface area (Å²) in [6.45, 7) is 5.75. The van der Waals surface area contributed by atoms with Crippen LogP contribution in [0, 0.1) is 0 Å². The van der Waals surface area contributed by atoms with Crippen molar-refractivity contribution in [1.82, 2.24) is 0 Å². The summed E-state index contributed by atoms with van der Waals surface area (Å²) in [4.78, 5) is 0. The minimum atomic E-state index is 0.533. The van der Waals surface area contributed by atoms with Gasteiger partial charge in [-0.25, -0.2) is 0 Å². The Kier molecular flexibility index (Phi) is 3.56. The molecule has 0 unspecified atom stereocenters. The van der Waals surface area contributed by atoms with Gasteiger partial charge in [0.2, 0.25) is 0 Å². The van der Waals surface area contributed by atoms with E-state index in [1.807, 2.05) is 13.0 Å². The highest BCUT2D eigenvalue weighted by atomic mass is 16.4. The first kappa shape index (κ1) is 10.6. The molecule has 0 atom stereocenters. The lowest BCUT2D eigenvalue weighted by Gasteiger charge is -2.11. The van der Waals surface area contributed by atoms with Gasteiger partial charge in [-0.05, 0) is 20.3 Å². The molecule has 1 heterocycles. The molecule has 0 amide bonds. The van der Waals surface area contributed by atoms with Gasteiger partial charge in [-0.15, -0.1) is 0 Å². The second-order valence-electron chi connectivity index (χ2n) is 3.23. The molecular formula is C10H15N3O. The Balaban J connectivity index is 3.04. The molecule has 0 fully saturated rings. The van der Waals surface area contributed by atoms with Crippen LogP contribution in [0.5, 0.6) is 0 Å². The molecule has 0 saturated carbocycles. The molecule has 14 heavy (non-hydrogen) atoms. The average Bonchev–Trinajstić information content (AvgIpc) is 2.19. The van der Waals surface area contributed by atoms with Gasteiger partial charge >= 0.3 is 0 Å². The second kappa shape index (κ2) is 4.69.